The lowest BCUT2D eigenvalue weighted by Gasteiger charge is -2.18. The highest BCUT2D eigenvalue weighted by molar-refractivity contribution is 7.89. The molecule has 1 aromatic carbocycles. The van der Waals surface area contributed by atoms with Gasteiger partial charge in [-0.3, -0.25) is 5.10 Å². The van der Waals surface area contributed by atoms with Gasteiger partial charge in [0, 0.05) is 24.2 Å². The van der Waals surface area contributed by atoms with Crippen LogP contribution in [0, 0.1) is 19.7 Å². The molecule has 0 bridgehead atoms. The molecular weight excluding hydrogens is 317 g/mol. The molecule has 0 aliphatic rings. The van der Waals surface area contributed by atoms with Gasteiger partial charge in [-0.05, 0) is 26.0 Å². The summed E-state index contributed by atoms with van der Waals surface area (Å²) in [6, 6.07) is 4.24. The number of benzene rings is 1. The van der Waals surface area contributed by atoms with Crippen molar-refractivity contribution in [2.75, 3.05) is 7.05 Å². The summed E-state index contributed by atoms with van der Waals surface area (Å²) in [5, 5.41) is 6.70. The molecule has 2 aromatic rings. The molecule has 1 aromatic heterocycles. The monoisotopic (exact) mass is 331 g/mol. The van der Waals surface area contributed by atoms with Crippen LogP contribution in [0.25, 0.3) is 0 Å². The molecule has 0 aliphatic heterocycles. The molecule has 0 spiro atoms. The largest absolute Gasteiger partial charge is 0.281 e. The molecule has 0 amide bonds. The molecule has 0 saturated heterocycles. The first-order valence-electron chi connectivity index (χ1n) is 6.16. The Morgan fingerprint density at radius 3 is 2.57 bits per heavy atom. The zero-order valence-corrected chi connectivity index (χ0v) is 13.4. The van der Waals surface area contributed by atoms with Crippen LogP contribution in [0.5, 0.6) is 0 Å². The van der Waals surface area contributed by atoms with E-state index >= 15 is 0 Å². The highest BCUT2D eigenvalue weighted by Crippen LogP contribution is 2.25. The molecule has 0 fully saturated rings. The predicted octanol–water partition coefficient (Wildman–Crippen LogP) is 2.64. The Morgan fingerprint density at radius 2 is 2.05 bits per heavy atom. The fourth-order valence-corrected chi connectivity index (χ4v) is 3.75. The van der Waals surface area contributed by atoms with Crippen LogP contribution in [0.3, 0.4) is 0 Å². The topological polar surface area (TPSA) is 66.1 Å². The van der Waals surface area contributed by atoms with Crippen LogP contribution in [0.4, 0.5) is 4.39 Å². The summed E-state index contributed by atoms with van der Waals surface area (Å²) in [5.74, 6) is -0.537. The standard InChI is InChI=1S/C13H15ClFN3O2S/c1-8-13(9(2)17-16-8)21(19,20)18(3)7-10-11(14)5-4-6-12(10)15/h4-6H,7H2,1-3H3,(H,16,17). The van der Waals surface area contributed by atoms with Crippen LogP contribution >= 0.6 is 11.6 Å². The average Bonchev–Trinajstić information content (AvgIpc) is 2.73. The van der Waals surface area contributed by atoms with Gasteiger partial charge >= 0.3 is 0 Å². The van der Waals surface area contributed by atoms with Crippen molar-refractivity contribution in [3.8, 4) is 0 Å². The summed E-state index contributed by atoms with van der Waals surface area (Å²) in [6.07, 6.45) is 0. The molecule has 0 unspecified atom stereocenters. The Kier molecular flexibility index (Phi) is 4.36. The minimum Gasteiger partial charge on any atom is -0.281 e. The molecule has 0 radical (unpaired) electrons. The Balaban J connectivity index is 2.38. The van der Waals surface area contributed by atoms with Crippen LogP contribution < -0.4 is 0 Å². The number of hydrogen-bond acceptors (Lipinski definition) is 3. The SMILES string of the molecule is Cc1n[nH]c(C)c1S(=O)(=O)N(C)Cc1c(F)cccc1Cl. The van der Waals surface area contributed by atoms with Crippen LogP contribution in [-0.4, -0.2) is 30.0 Å². The molecule has 8 heteroatoms. The van der Waals surface area contributed by atoms with Crippen molar-refractivity contribution in [2.24, 2.45) is 0 Å². The van der Waals surface area contributed by atoms with Crippen LogP contribution in [0.1, 0.15) is 17.0 Å². The Labute approximate surface area is 127 Å². The lowest BCUT2D eigenvalue weighted by Crippen LogP contribution is -2.28. The van der Waals surface area contributed by atoms with Crippen molar-refractivity contribution in [3.05, 3.63) is 46.0 Å². The summed E-state index contributed by atoms with van der Waals surface area (Å²) in [6.45, 7) is 3.06. The minimum atomic E-state index is -3.77. The maximum Gasteiger partial charge on any atom is 0.246 e. The second-order valence-electron chi connectivity index (χ2n) is 4.72. The number of H-pyrrole nitrogens is 1. The molecule has 0 aliphatic carbocycles. The smallest absolute Gasteiger partial charge is 0.246 e. The summed E-state index contributed by atoms with van der Waals surface area (Å²) in [7, 11) is -2.40. The summed E-state index contributed by atoms with van der Waals surface area (Å²) in [4.78, 5) is 0.109. The van der Waals surface area contributed by atoms with Crippen LogP contribution in [0.15, 0.2) is 23.1 Å². The molecular formula is C13H15ClFN3O2S. The summed E-state index contributed by atoms with van der Waals surface area (Å²) >= 11 is 5.93. The van der Waals surface area contributed by atoms with Gasteiger partial charge in [-0.1, -0.05) is 17.7 Å². The third-order valence-electron chi connectivity index (χ3n) is 3.17. The number of aromatic amines is 1. The lowest BCUT2D eigenvalue weighted by atomic mass is 10.2. The first-order chi connectivity index (χ1) is 9.75. The van der Waals surface area contributed by atoms with E-state index in [4.69, 9.17) is 11.6 Å². The van der Waals surface area contributed by atoms with Crippen molar-refractivity contribution < 1.29 is 12.8 Å². The second-order valence-corrected chi connectivity index (χ2v) is 7.11. The van der Waals surface area contributed by atoms with Gasteiger partial charge in [-0.15, -0.1) is 0 Å². The van der Waals surface area contributed by atoms with Gasteiger partial charge in [0.2, 0.25) is 10.0 Å². The number of hydrogen-bond donors (Lipinski definition) is 1. The van der Waals surface area contributed by atoms with Gasteiger partial charge < -0.3 is 0 Å². The maximum atomic E-state index is 13.8. The fourth-order valence-electron chi connectivity index (χ4n) is 2.07. The average molecular weight is 332 g/mol. The highest BCUT2D eigenvalue weighted by atomic mass is 35.5. The van der Waals surface area contributed by atoms with Crippen LogP contribution in [0.2, 0.25) is 5.02 Å². The first-order valence-corrected chi connectivity index (χ1v) is 7.97. The number of aromatic nitrogens is 2. The molecule has 1 N–H and O–H groups in total. The number of aryl methyl sites for hydroxylation is 2. The Bertz CT molecular complexity index is 734. The van der Waals surface area contributed by atoms with Gasteiger partial charge in [0.15, 0.2) is 0 Å². The van der Waals surface area contributed by atoms with E-state index in [2.05, 4.69) is 10.2 Å². The molecule has 1 heterocycles. The summed E-state index contributed by atoms with van der Waals surface area (Å²) in [5.41, 5.74) is 0.960. The number of rotatable bonds is 4. The predicted molar refractivity (Wildman–Crippen MR) is 78.1 cm³/mol. The third kappa shape index (κ3) is 2.95. The summed E-state index contributed by atoms with van der Waals surface area (Å²) < 4.78 is 40.0. The van der Waals surface area contributed by atoms with Gasteiger partial charge in [0.05, 0.1) is 11.4 Å². The minimum absolute atomic E-state index is 0.109. The number of halogens is 2. The normalized spacial score (nSPS) is 12.1. The number of nitrogens with zero attached hydrogens (tertiary/aromatic N) is 2. The number of nitrogens with one attached hydrogen (secondary N) is 1. The lowest BCUT2D eigenvalue weighted by molar-refractivity contribution is 0.455. The van der Waals surface area contributed by atoms with E-state index in [1.165, 1.54) is 25.2 Å². The van der Waals surface area contributed by atoms with Gasteiger partial charge in [0.1, 0.15) is 10.7 Å². The van der Waals surface area contributed by atoms with Gasteiger partial charge in [-0.2, -0.15) is 9.40 Å². The molecule has 0 atom stereocenters. The third-order valence-corrected chi connectivity index (χ3v) is 5.59. The van der Waals surface area contributed by atoms with Crippen molar-refractivity contribution >= 4 is 21.6 Å². The van der Waals surface area contributed by atoms with Crippen molar-refractivity contribution in [2.45, 2.75) is 25.3 Å². The zero-order valence-electron chi connectivity index (χ0n) is 11.8. The second kappa shape index (κ2) is 5.75. The van der Waals surface area contributed by atoms with Crippen molar-refractivity contribution in [1.29, 1.82) is 0 Å². The van der Waals surface area contributed by atoms with E-state index in [0.29, 0.717) is 11.4 Å². The fraction of sp³-hybridized carbons (Fsp3) is 0.308. The van der Waals surface area contributed by atoms with Crippen molar-refractivity contribution in [3.63, 3.8) is 0 Å². The van der Waals surface area contributed by atoms with Gasteiger partial charge in [-0.25, -0.2) is 12.8 Å². The molecule has 2 rings (SSSR count). The van der Waals surface area contributed by atoms with Crippen molar-refractivity contribution in [1.82, 2.24) is 14.5 Å². The van der Waals surface area contributed by atoms with E-state index in [-0.39, 0.29) is 22.0 Å². The van der Waals surface area contributed by atoms with Gasteiger partial charge in [0.25, 0.3) is 0 Å². The van der Waals surface area contributed by atoms with Crippen LogP contribution in [-0.2, 0) is 16.6 Å². The first kappa shape index (κ1) is 15.9. The molecule has 0 saturated carbocycles. The van der Waals surface area contributed by atoms with E-state index < -0.39 is 15.8 Å². The molecule has 21 heavy (non-hydrogen) atoms. The Morgan fingerprint density at radius 1 is 1.38 bits per heavy atom. The van der Waals surface area contributed by atoms with E-state index in [1.54, 1.807) is 13.8 Å². The highest BCUT2D eigenvalue weighted by Gasteiger charge is 2.28. The molecule has 5 nitrogen and oxygen atoms in total. The molecule has 114 valence electrons. The van der Waals surface area contributed by atoms with E-state index in [0.717, 1.165) is 4.31 Å². The number of sulfonamides is 1. The quantitative estimate of drug-likeness (QED) is 0.936. The Hall–Kier alpha value is -1.44. The maximum absolute atomic E-state index is 13.8. The zero-order chi connectivity index (χ0) is 15.8. The van der Waals surface area contributed by atoms with E-state index in [1.807, 2.05) is 0 Å². The van der Waals surface area contributed by atoms with E-state index in [9.17, 15) is 12.8 Å².